The van der Waals surface area contributed by atoms with Gasteiger partial charge in [-0.2, -0.15) is 0 Å². The van der Waals surface area contributed by atoms with Crippen molar-refractivity contribution < 1.29 is 16.8 Å². The molecule has 0 aliphatic carbocycles. The molecule has 0 aromatic rings. The molecule has 0 saturated heterocycles. The fourth-order valence-electron chi connectivity index (χ4n) is 0.449. The lowest BCUT2D eigenvalue weighted by Crippen LogP contribution is -2.02. The summed E-state index contributed by atoms with van der Waals surface area (Å²) >= 11 is 7.32. The largest absolute Gasteiger partial charge is 0.286 e. The van der Waals surface area contributed by atoms with E-state index in [0.29, 0.717) is 0 Å². The molecule has 0 saturated carbocycles. The summed E-state index contributed by atoms with van der Waals surface area (Å²) in [6.07, 6.45) is 0. The highest BCUT2D eigenvalue weighted by molar-refractivity contribution is 7.90. The fraction of sp³-hybridized carbons (Fsp3) is 0.667. The number of hydrogen-bond donors (Lipinski definition) is 0. The summed E-state index contributed by atoms with van der Waals surface area (Å²) in [5, 5.41) is 0. The first-order valence-electron chi connectivity index (χ1n) is 3.69. The van der Waals surface area contributed by atoms with Crippen molar-refractivity contribution in [3.63, 3.8) is 0 Å². The lowest BCUT2D eigenvalue weighted by molar-refractivity contribution is 0.373. The summed E-state index contributed by atoms with van der Waals surface area (Å²) in [5.41, 5.74) is 0. The second-order valence-electron chi connectivity index (χ2n) is 1.83. The first kappa shape index (κ1) is 14.5. The molecule has 0 spiro atoms. The lowest BCUT2D eigenvalue weighted by Gasteiger charge is -2.02. The zero-order chi connectivity index (χ0) is 11.1. The molecule has 0 aliphatic rings. The highest BCUT2D eigenvalue weighted by atomic mass is 35.5. The molecule has 0 heterocycles. The number of rotatable bonds is 6. The molecule has 0 fully saturated rings. The molecule has 84 valence electrons. The predicted molar refractivity (Wildman–Crippen MR) is 58.3 cm³/mol. The van der Waals surface area contributed by atoms with Crippen LogP contribution < -0.4 is 0 Å². The maximum Gasteiger partial charge on any atom is 0.203 e. The standard InChI is InChI=1S/C6H10Cl2O4S2/c1-3-11-13(9)5(7)6(8)14(10)12-4-2/h3-4H2,1-2H3/b6-5+. The maximum atomic E-state index is 11.1. The minimum absolute atomic E-state index is 0.217. The van der Waals surface area contributed by atoms with Crippen molar-refractivity contribution in [2.45, 2.75) is 13.8 Å². The van der Waals surface area contributed by atoms with Gasteiger partial charge in [0, 0.05) is 0 Å². The predicted octanol–water partition coefficient (Wildman–Crippen LogP) is 1.99. The fourth-order valence-corrected chi connectivity index (χ4v) is 2.40. The molecule has 8 heteroatoms. The summed E-state index contributed by atoms with van der Waals surface area (Å²) < 4.78 is 30.9. The third-order valence-electron chi connectivity index (χ3n) is 0.897. The van der Waals surface area contributed by atoms with Crippen LogP contribution in [0.5, 0.6) is 0 Å². The van der Waals surface area contributed by atoms with Gasteiger partial charge in [-0.1, -0.05) is 23.2 Å². The molecule has 2 unspecified atom stereocenters. The Bertz CT molecular complexity index is 241. The highest BCUT2D eigenvalue weighted by Gasteiger charge is 2.16. The van der Waals surface area contributed by atoms with Crippen molar-refractivity contribution in [1.29, 1.82) is 0 Å². The summed E-state index contributed by atoms with van der Waals surface area (Å²) in [5.74, 6) is 0. The van der Waals surface area contributed by atoms with Gasteiger partial charge in [-0.3, -0.25) is 8.37 Å². The van der Waals surface area contributed by atoms with Crippen molar-refractivity contribution in [3.8, 4) is 0 Å². The molecule has 4 nitrogen and oxygen atoms in total. The van der Waals surface area contributed by atoms with Crippen LogP contribution in [0.15, 0.2) is 8.73 Å². The molecule has 14 heavy (non-hydrogen) atoms. The van der Waals surface area contributed by atoms with Crippen LogP contribution in [0.3, 0.4) is 0 Å². The van der Waals surface area contributed by atoms with Gasteiger partial charge in [0.05, 0.1) is 13.2 Å². The van der Waals surface area contributed by atoms with Crippen molar-refractivity contribution in [2.24, 2.45) is 0 Å². The van der Waals surface area contributed by atoms with Gasteiger partial charge in [0.1, 0.15) is 0 Å². The van der Waals surface area contributed by atoms with Crippen LogP contribution in [0.1, 0.15) is 13.8 Å². The van der Waals surface area contributed by atoms with Crippen LogP contribution in [-0.4, -0.2) is 21.6 Å². The number of hydrogen-bond acceptors (Lipinski definition) is 4. The minimum atomic E-state index is -1.88. The Labute approximate surface area is 97.9 Å². The average molecular weight is 281 g/mol. The monoisotopic (exact) mass is 280 g/mol. The average Bonchev–Trinajstić information content (AvgIpc) is 2.16. The van der Waals surface area contributed by atoms with E-state index in [0.717, 1.165) is 0 Å². The normalized spacial score (nSPS) is 17.4. The van der Waals surface area contributed by atoms with Crippen LogP contribution in [0.2, 0.25) is 0 Å². The second kappa shape index (κ2) is 7.78. The van der Waals surface area contributed by atoms with Crippen LogP contribution in [0, 0.1) is 0 Å². The quantitative estimate of drug-likeness (QED) is 0.747. The molecule has 0 rings (SSSR count). The van der Waals surface area contributed by atoms with Gasteiger partial charge in [-0.15, -0.1) is 0 Å². The Morgan fingerprint density at radius 1 is 1.00 bits per heavy atom. The van der Waals surface area contributed by atoms with Gasteiger partial charge in [0.15, 0.2) is 8.73 Å². The maximum absolute atomic E-state index is 11.1. The molecule has 0 radical (unpaired) electrons. The Balaban J connectivity index is 4.57. The van der Waals surface area contributed by atoms with Crippen molar-refractivity contribution >= 4 is 45.4 Å². The SMILES string of the molecule is CCOS(=O)/C(Cl)=C(\Cl)S(=O)OCC. The first-order valence-corrected chi connectivity index (χ1v) is 6.60. The molecule has 2 atom stereocenters. The second-order valence-corrected chi connectivity index (χ2v) is 5.26. The molecule has 0 aliphatic heterocycles. The topological polar surface area (TPSA) is 52.6 Å². The summed E-state index contributed by atoms with van der Waals surface area (Å²) in [6, 6.07) is 0. The van der Waals surface area contributed by atoms with Crippen LogP contribution in [0.25, 0.3) is 0 Å². The Morgan fingerprint density at radius 3 is 1.50 bits per heavy atom. The Hall–Kier alpha value is 0.540. The summed E-state index contributed by atoms with van der Waals surface area (Å²) in [7, 11) is 0. The molecule has 0 aromatic heterocycles. The van der Waals surface area contributed by atoms with Crippen LogP contribution >= 0.6 is 23.2 Å². The third kappa shape index (κ3) is 4.86. The molecular weight excluding hydrogens is 271 g/mol. The van der Waals surface area contributed by atoms with E-state index < -0.39 is 22.2 Å². The molecule has 0 bridgehead atoms. The minimum Gasteiger partial charge on any atom is -0.286 e. The van der Waals surface area contributed by atoms with E-state index in [9.17, 15) is 8.42 Å². The van der Waals surface area contributed by atoms with E-state index in [1.165, 1.54) is 0 Å². The Kier molecular flexibility index (Phi) is 8.08. The van der Waals surface area contributed by atoms with Gasteiger partial charge in [-0.25, -0.2) is 8.42 Å². The van der Waals surface area contributed by atoms with Gasteiger partial charge < -0.3 is 0 Å². The van der Waals surface area contributed by atoms with Gasteiger partial charge in [0.25, 0.3) is 0 Å². The zero-order valence-corrected chi connectivity index (χ0v) is 10.8. The van der Waals surface area contributed by atoms with Crippen molar-refractivity contribution in [3.05, 3.63) is 8.73 Å². The highest BCUT2D eigenvalue weighted by Crippen LogP contribution is 2.22. The summed E-state index contributed by atoms with van der Waals surface area (Å²) in [6.45, 7) is 3.73. The first-order chi connectivity index (χ1) is 6.54. The van der Waals surface area contributed by atoms with E-state index in [-0.39, 0.29) is 21.9 Å². The van der Waals surface area contributed by atoms with E-state index >= 15 is 0 Å². The molecule has 0 aromatic carbocycles. The number of halogens is 2. The Morgan fingerprint density at radius 2 is 1.29 bits per heavy atom. The van der Waals surface area contributed by atoms with Crippen LogP contribution in [0.4, 0.5) is 0 Å². The van der Waals surface area contributed by atoms with Crippen LogP contribution in [-0.2, 0) is 30.5 Å². The van der Waals surface area contributed by atoms with E-state index in [1.54, 1.807) is 13.8 Å². The van der Waals surface area contributed by atoms with Gasteiger partial charge in [-0.05, 0) is 13.8 Å². The van der Waals surface area contributed by atoms with E-state index in [1.807, 2.05) is 0 Å². The third-order valence-corrected chi connectivity index (χ3v) is 4.37. The van der Waals surface area contributed by atoms with Gasteiger partial charge >= 0.3 is 0 Å². The van der Waals surface area contributed by atoms with Gasteiger partial charge in [0.2, 0.25) is 22.2 Å². The molecular formula is C6H10Cl2O4S2. The summed E-state index contributed by atoms with van der Waals surface area (Å²) in [4.78, 5) is 0. The molecule has 0 amide bonds. The molecule has 0 N–H and O–H groups in total. The van der Waals surface area contributed by atoms with E-state index in [2.05, 4.69) is 8.37 Å². The van der Waals surface area contributed by atoms with Crippen molar-refractivity contribution in [2.75, 3.05) is 13.2 Å². The smallest absolute Gasteiger partial charge is 0.203 e. The lowest BCUT2D eigenvalue weighted by atomic mass is 10.9. The van der Waals surface area contributed by atoms with E-state index in [4.69, 9.17) is 23.2 Å². The zero-order valence-electron chi connectivity index (χ0n) is 7.62. The van der Waals surface area contributed by atoms with Crippen molar-refractivity contribution in [1.82, 2.24) is 0 Å².